The topological polar surface area (TPSA) is 92.4 Å². The van der Waals surface area contributed by atoms with Crippen molar-refractivity contribution >= 4 is 23.3 Å². The minimum absolute atomic E-state index is 0.0560. The van der Waals surface area contributed by atoms with Gasteiger partial charge in [-0.15, -0.1) is 11.3 Å². The van der Waals surface area contributed by atoms with Gasteiger partial charge in [-0.3, -0.25) is 10.2 Å². The third kappa shape index (κ3) is 1.95. The lowest BCUT2D eigenvalue weighted by atomic mass is 9.96. The Balaban J connectivity index is 1.26. The Morgan fingerprint density at radius 2 is 2.20 bits per heavy atom. The van der Waals surface area contributed by atoms with Gasteiger partial charge < -0.3 is 10.1 Å². The molecule has 1 aliphatic carbocycles. The summed E-state index contributed by atoms with van der Waals surface area (Å²) in [5.74, 6) is 0.941. The molecule has 106 valence electrons. The van der Waals surface area contributed by atoms with Crippen LogP contribution in [-0.2, 0) is 4.74 Å². The molecule has 0 unspecified atom stereocenters. The molecule has 0 spiro atoms. The molecular weight excluding hydrogens is 280 g/mol. The van der Waals surface area contributed by atoms with E-state index in [-0.39, 0.29) is 12.1 Å². The molecule has 1 aromatic heterocycles. The molecule has 3 fully saturated rings. The SMILES string of the molecule is O=C(NNC(=O)c1nccs1)N[C@@H]1C[C@@H]2O[C@H]1[C@H]1C[C@H]12. The number of hydrazine groups is 1. The molecule has 3 amide bonds. The van der Waals surface area contributed by atoms with Gasteiger partial charge in [0.15, 0.2) is 5.01 Å². The van der Waals surface area contributed by atoms with Gasteiger partial charge in [0, 0.05) is 11.6 Å². The second-order valence-electron chi connectivity index (χ2n) is 5.43. The molecule has 20 heavy (non-hydrogen) atoms. The summed E-state index contributed by atoms with van der Waals surface area (Å²) in [5.41, 5.74) is 4.68. The lowest BCUT2D eigenvalue weighted by Crippen LogP contribution is -2.52. The first-order valence-electron chi connectivity index (χ1n) is 6.64. The summed E-state index contributed by atoms with van der Waals surface area (Å²) in [7, 11) is 0. The van der Waals surface area contributed by atoms with Gasteiger partial charge in [-0.1, -0.05) is 0 Å². The number of thiazole rings is 1. The summed E-state index contributed by atoms with van der Waals surface area (Å²) < 4.78 is 5.79. The molecule has 2 aliphatic heterocycles. The van der Waals surface area contributed by atoms with Crippen LogP contribution in [0.25, 0.3) is 0 Å². The lowest BCUT2D eigenvalue weighted by Gasteiger charge is -2.20. The largest absolute Gasteiger partial charge is 0.372 e. The summed E-state index contributed by atoms with van der Waals surface area (Å²) in [4.78, 5) is 27.2. The average Bonchev–Trinajstić information content (AvgIpc) is 2.82. The minimum atomic E-state index is -0.415. The van der Waals surface area contributed by atoms with E-state index in [1.165, 1.54) is 24.0 Å². The van der Waals surface area contributed by atoms with Crippen molar-refractivity contribution in [3.63, 3.8) is 0 Å². The van der Waals surface area contributed by atoms with Gasteiger partial charge in [0.25, 0.3) is 5.91 Å². The Hall–Kier alpha value is -1.67. The Morgan fingerprint density at radius 3 is 2.90 bits per heavy atom. The maximum atomic E-state index is 11.8. The summed E-state index contributed by atoms with van der Waals surface area (Å²) >= 11 is 1.22. The van der Waals surface area contributed by atoms with Crippen molar-refractivity contribution in [2.45, 2.75) is 31.1 Å². The van der Waals surface area contributed by atoms with Crippen LogP contribution in [0.5, 0.6) is 0 Å². The van der Waals surface area contributed by atoms with Crippen LogP contribution >= 0.6 is 11.3 Å². The van der Waals surface area contributed by atoms with Crippen molar-refractivity contribution in [3.05, 3.63) is 16.6 Å². The van der Waals surface area contributed by atoms with Crippen molar-refractivity contribution in [2.75, 3.05) is 0 Å². The van der Waals surface area contributed by atoms with Gasteiger partial charge in [0.05, 0.1) is 18.2 Å². The van der Waals surface area contributed by atoms with Gasteiger partial charge in [-0.05, 0) is 24.7 Å². The molecule has 1 saturated carbocycles. The number of ether oxygens (including phenoxy) is 1. The molecule has 8 heteroatoms. The number of fused-ring (bicyclic) bond motifs is 5. The van der Waals surface area contributed by atoms with Gasteiger partial charge in [0.2, 0.25) is 0 Å². The van der Waals surface area contributed by atoms with E-state index in [9.17, 15) is 9.59 Å². The lowest BCUT2D eigenvalue weighted by molar-refractivity contribution is 0.0665. The van der Waals surface area contributed by atoms with Crippen molar-refractivity contribution in [3.8, 4) is 0 Å². The summed E-state index contributed by atoms with van der Waals surface area (Å²) in [5, 5.41) is 4.88. The van der Waals surface area contributed by atoms with Crippen molar-refractivity contribution in [1.29, 1.82) is 0 Å². The fourth-order valence-electron chi connectivity index (χ4n) is 3.30. The van der Waals surface area contributed by atoms with Crippen LogP contribution in [0.15, 0.2) is 11.6 Å². The predicted molar refractivity (Wildman–Crippen MR) is 69.9 cm³/mol. The highest BCUT2D eigenvalue weighted by Crippen LogP contribution is 2.58. The average molecular weight is 294 g/mol. The van der Waals surface area contributed by atoms with Gasteiger partial charge in [0.1, 0.15) is 0 Å². The predicted octanol–water partition coefficient (Wildman–Crippen LogP) is 0.263. The highest BCUT2D eigenvalue weighted by Gasteiger charge is 2.62. The van der Waals surface area contributed by atoms with Crippen LogP contribution in [0.2, 0.25) is 0 Å². The highest BCUT2D eigenvalue weighted by atomic mass is 32.1. The number of nitrogens with zero attached hydrogens (tertiary/aromatic N) is 1. The van der Waals surface area contributed by atoms with Crippen LogP contribution in [0, 0.1) is 11.8 Å². The molecule has 1 aromatic rings. The molecule has 0 radical (unpaired) electrons. The number of nitrogens with one attached hydrogen (secondary N) is 3. The van der Waals surface area contributed by atoms with Crippen molar-refractivity contribution in [2.24, 2.45) is 11.8 Å². The third-order valence-corrected chi connectivity index (χ3v) is 5.01. The van der Waals surface area contributed by atoms with Gasteiger partial charge in [-0.2, -0.15) is 0 Å². The van der Waals surface area contributed by atoms with E-state index >= 15 is 0 Å². The van der Waals surface area contributed by atoms with E-state index in [1.54, 1.807) is 5.38 Å². The fourth-order valence-corrected chi connectivity index (χ4v) is 3.83. The number of aromatic nitrogens is 1. The zero-order chi connectivity index (χ0) is 13.7. The van der Waals surface area contributed by atoms with Crippen LogP contribution < -0.4 is 16.2 Å². The van der Waals surface area contributed by atoms with Gasteiger partial charge >= 0.3 is 6.03 Å². The van der Waals surface area contributed by atoms with Crippen LogP contribution in [0.1, 0.15) is 22.6 Å². The first-order chi connectivity index (χ1) is 9.72. The van der Waals surface area contributed by atoms with Crippen molar-refractivity contribution in [1.82, 2.24) is 21.2 Å². The summed E-state index contributed by atoms with van der Waals surface area (Å²) in [6.45, 7) is 0. The normalized spacial score (nSPS) is 36.3. The van der Waals surface area contributed by atoms with Gasteiger partial charge in [-0.25, -0.2) is 15.2 Å². The highest BCUT2D eigenvalue weighted by molar-refractivity contribution is 7.11. The molecule has 2 saturated heterocycles. The molecule has 5 atom stereocenters. The maximum absolute atomic E-state index is 11.8. The second-order valence-corrected chi connectivity index (χ2v) is 6.33. The van der Waals surface area contributed by atoms with E-state index in [2.05, 4.69) is 21.2 Å². The molecule has 4 rings (SSSR count). The molecule has 0 aromatic carbocycles. The van der Waals surface area contributed by atoms with Crippen LogP contribution in [0.3, 0.4) is 0 Å². The molecule has 7 nitrogen and oxygen atoms in total. The number of amides is 3. The zero-order valence-electron chi connectivity index (χ0n) is 10.5. The van der Waals surface area contributed by atoms with Crippen LogP contribution in [-0.4, -0.2) is 35.2 Å². The Labute approximate surface area is 119 Å². The Bertz CT molecular complexity index is 549. The molecule has 2 bridgehead atoms. The van der Waals surface area contributed by atoms with E-state index in [0.29, 0.717) is 17.0 Å². The molecule has 3 heterocycles. The first kappa shape index (κ1) is 12.1. The zero-order valence-corrected chi connectivity index (χ0v) is 11.4. The monoisotopic (exact) mass is 294 g/mol. The smallest absolute Gasteiger partial charge is 0.333 e. The van der Waals surface area contributed by atoms with E-state index in [4.69, 9.17) is 4.74 Å². The number of carbonyl (C=O) groups excluding carboxylic acids is 2. The molecule has 3 aliphatic rings. The number of hydrogen-bond donors (Lipinski definition) is 3. The molecule has 3 N–H and O–H groups in total. The third-order valence-electron chi connectivity index (χ3n) is 4.24. The minimum Gasteiger partial charge on any atom is -0.372 e. The first-order valence-corrected chi connectivity index (χ1v) is 7.52. The van der Waals surface area contributed by atoms with E-state index < -0.39 is 11.9 Å². The number of hydrogen-bond acceptors (Lipinski definition) is 5. The number of carbonyl (C=O) groups is 2. The quantitative estimate of drug-likeness (QED) is 0.682. The standard InChI is InChI=1S/C12H14N4O3S/c17-10(11-13-1-2-20-11)15-16-12(18)14-7-4-8-5-3-6(5)9(7)19-8/h1-2,5-9H,3-4H2,(H,15,17)(H2,14,16,18)/t5-,6+,7-,8+,9+/m1/s1. The number of rotatable bonds is 2. The van der Waals surface area contributed by atoms with E-state index in [1.807, 2.05) is 0 Å². The summed E-state index contributed by atoms with van der Waals surface area (Å²) in [6.07, 6.45) is 4.12. The Kier molecular flexibility index (Phi) is 2.67. The Morgan fingerprint density at radius 1 is 1.30 bits per heavy atom. The maximum Gasteiger partial charge on any atom is 0.333 e. The fraction of sp³-hybridized carbons (Fsp3) is 0.583. The second kappa shape index (κ2) is 4.42. The summed E-state index contributed by atoms with van der Waals surface area (Å²) in [6, 6.07) is -0.353. The molecular formula is C12H14N4O3S. The van der Waals surface area contributed by atoms with E-state index in [0.717, 1.165) is 12.3 Å². The van der Waals surface area contributed by atoms with Crippen molar-refractivity contribution < 1.29 is 14.3 Å². The number of urea groups is 1. The van der Waals surface area contributed by atoms with Crippen LogP contribution in [0.4, 0.5) is 4.79 Å².